The monoisotopic (exact) mass is 264 g/mol. The zero-order valence-corrected chi connectivity index (χ0v) is 11.4. The Bertz CT molecular complexity index is 518. The molecule has 1 aliphatic rings. The molecule has 0 atom stereocenters. The van der Waals surface area contributed by atoms with Gasteiger partial charge in [-0.1, -0.05) is 0 Å². The lowest BCUT2D eigenvalue weighted by Gasteiger charge is -2.15. The van der Waals surface area contributed by atoms with Crippen molar-refractivity contribution in [3.8, 4) is 0 Å². The van der Waals surface area contributed by atoms with Gasteiger partial charge in [-0.3, -0.25) is 9.59 Å². The number of ether oxygens (including phenoxy) is 1. The molecule has 0 unspecified atom stereocenters. The number of hydrogen-bond acceptors (Lipinski definition) is 3. The maximum Gasteiger partial charge on any atom is 0.267 e. The summed E-state index contributed by atoms with van der Waals surface area (Å²) in [5.74, 6) is -0.233. The third-order valence-electron chi connectivity index (χ3n) is 3.42. The molecule has 0 aromatic carbocycles. The van der Waals surface area contributed by atoms with E-state index < -0.39 is 0 Å². The molecule has 0 radical (unpaired) electrons. The standard InChI is InChI=1S/C14H20N2O3/c1-3-19-9-14(4-5-14)8-15-13(18)12-7-11(17)6-10(2)16-12/h6-7H,3-5,8-9H2,1-2H3,(H,15,18)(H,16,17). The minimum atomic E-state index is -0.233. The summed E-state index contributed by atoms with van der Waals surface area (Å²) in [6.07, 6.45) is 2.16. The summed E-state index contributed by atoms with van der Waals surface area (Å²) < 4.78 is 5.43. The van der Waals surface area contributed by atoms with Crippen LogP contribution in [0.3, 0.4) is 0 Å². The smallest absolute Gasteiger partial charge is 0.267 e. The molecule has 0 spiro atoms. The van der Waals surface area contributed by atoms with Crippen molar-refractivity contribution in [2.75, 3.05) is 19.8 Å². The van der Waals surface area contributed by atoms with E-state index in [9.17, 15) is 9.59 Å². The lowest BCUT2D eigenvalue weighted by atomic mass is 10.1. The number of hydrogen-bond donors (Lipinski definition) is 2. The number of rotatable bonds is 6. The molecule has 0 saturated heterocycles. The highest BCUT2D eigenvalue weighted by atomic mass is 16.5. The molecule has 2 N–H and O–H groups in total. The van der Waals surface area contributed by atoms with Crippen LogP contribution in [0.5, 0.6) is 0 Å². The molecule has 19 heavy (non-hydrogen) atoms. The number of nitrogens with one attached hydrogen (secondary N) is 2. The zero-order chi connectivity index (χ0) is 13.9. The maximum absolute atomic E-state index is 12.0. The van der Waals surface area contributed by atoms with Gasteiger partial charge >= 0.3 is 0 Å². The van der Waals surface area contributed by atoms with Crippen molar-refractivity contribution in [1.29, 1.82) is 0 Å². The second kappa shape index (κ2) is 5.57. The molecule has 1 fully saturated rings. The number of amides is 1. The van der Waals surface area contributed by atoms with Gasteiger partial charge in [-0.15, -0.1) is 0 Å². The molecular weight excluding hydrogens is 244 g/mol. The molecule has 104 valence electrons. The summed E-state index contributed by atoms with van der Waals surface area (Å²) in [5, 5.41) is 2.88. The van der Waals surface area contributed by atoms with E-state index in [-0.39, 0.29) is 16.8 Å². The van der Waals surface area contributed by atoms with Crippen molar-refractivity contribution >= 4 is 5.91 Å². The number of aromatic nitrogens is 1. The van der Waals surface area contributed by atoms with E-state index in [1.54, 1.807) is 6.92 Å². The third kappa shape index (κ3) is 3.67. The molecule has 2 rings (SSSR count). The van der Waals surface area contributed by atoms with E-state index in [4.69, 9.17) is 4.74 Å². The van der Waals surface area contributed by atoms with Crippen molar-refractivity contribution in [1.82, 2.24) is 10.3 Å². The highest BCUT2D eigenvalue weighted by Gasteiger charge is 2.43. The zero-order valence-electron chi connectivity index (χ0n) is 11.4. The van der Waals surface area contributed by atoms with Crippen molar-refractivity contribution in [3.05, 3.63) is 33.7 Å². The Morgan fingerprint density at radius 2 is 2.21 bits per heavy atom. The molecule has 1 aliphatic carbocycles. The van der Waals surface area contributed by atoms with E-state index in [2.05, 4.69) is 10.3 Å². The molecule has 1 aromatic rings. The van der Waals surface area contributed by atoms with Crippen LogP contribution in [0.25, 0.3) is 0 Å². The van der Waals surface area contributed by atoms with Crippen LogP contribution in [0.2, 0.25) is 0 Å². The van der Waals surface area contributed by atoms with Crippen LogP contribution in [0.1, 0.15) is 35.9 Å². The van der Waals surface area contributed by atoms with Gasteiger partial charge in [0.2, 0.25) is 0 Å². The minimum Gasteiger partial charge on any atom is -0.381 e. The third-order valence-corrected chi connectivity index (χ3v) is 3.42. The average molecular weight is 264 g/mol. The van der Waals surface area contributed by atoms with E-state index in [0.717, 1.165) is 12.8 Å². The Morgan fingerprint density at radius 3 is 2.79 bits per heavy atom. The number of carbonyl (C=O) groups excluding carboxylic acids is 1. The Hall–Kier alpha value is -1.62. The van der Waals surface area contributed by atoms with E-state index >= 15 is 0 Å². The van der Waals surface area contributed by atoms with Crippen molar-refractivity contribution in [3.63, 3.8) is 0 Å². The van der Waals surface area contributed by atoms with Crippen LogP contribution in [0.4, 0.5) is 0 Å². The predicted octanol–water partition coefficient (Wildman–Crippen LogP) is 1.23. The molecule has 5 heteroatoms. The lowest BCUT2D eigenvalue weighted by Crippen LogP contribution is -2.33. The van der Waals surface area contributed by atoms with Gasteiger partial charge in [-0.25, -0.2) is 0 Å². The first-order chi connectivity index (χ1) is 9.04. The van der Waals surface area contributed by atoms with Gasteiger partial charge in [0.15, 0.2) is 5.43 Å². The summed E-state index contributed by atoms with van der Waals surface area (Å²) in [5.41, 5.74) is 0.956. The normalized spacial score (nSPS) is 16.1. The quantitative estimate of drug-likeness (QED) is 0.811. The first kappa shape index (κ1) is 13.8. The van der Waals surface area contributed by atoms with Crippen molar-refractivity contribution in [2.45, 2.75) is 26.7 Å². The van der Waals surface area contributed by atoms with Gasteiger partial charge in [0.1, 0.15) is 5.69 Å². The average Bonchev–Trinajstić information content (AvgIpc) is 3.13. The first-order valence-electron chi connectivity index (χ1n) is 6.62. The molecule has 1 amide bonds. The fraction of sp³-hybridized carbons (Fsp3) is 0.571. The number of pyridine rings is 1. The molecule has 1 heterocycles. The van der Waals surface area contributed by atoms with Gasteiger partial charge < -0.3 is 15.0 Å². The van der Waals surface area contributed by atoms with Gasteiger partial charge in [-0.2, -0.15) is 0 Å². The number of aryl methyl sites for hydroxylation is 1. The van der Waals surface area contributed by atoms with Gasteiger partial charge in [0, 0.05) is 36.4 Å². The molecule has 5 nitrogen and oxygen atoms in total. The molecule has 0 aliphatic heterocycles. The van der Waals surface area contributed by atoms with E-state index in [0.29, 0.717) is 31.1 Å². The van der Waals surface area contributed by atoms with E-state index in [1.165, 1.54) is 12.1 Å². The molecule has 0 bridgehead atoms. The Morgan fingerprint density at radius 1 is 1.47 bits per heavy atom. The number of carbonyl (C=O) groups is 1. The summed E-state index contributed by atoms with van der Waals surface area (Å²) in [7, 11) is 0. The highest BCUT2D eigenvalue weighted by molar-refractivity contribution is 5.92. The summed E-state index contributed by atoms with van der Waals surface area (Å²) in [4.78, 5) is 26.2. The molecular formula is C14H20N2O3. The van der Waals surface area contributed by atoms with Crippen molar-refractivity contribution < 1.29 is 9.53 Å². The largest absolute Gasteiger partial charge is 0.381 e. The second-order valence-corrected chi connectivity index (χ2v) is 5.23. The predicted molar refractivity (Wildman–Crippen MR) is 72.3 cm³/mol. The Kier molecular flexibility index (Phi) is 4.04. The number of H-pyrrole nitrogens is 1. The summed E-state index contributed by atoms with van der Waals surface area (Å²) >= 11 is 0. The van der Waals surface area contributed by atoms with Crippen LogP contribution >= 0.6 is 0 Å². The summed E-state index contributed by atoms with van der Waals surface area (Å²) in [6, 6.07) is 2.79. The SMILES string of the molecule is CCOCC1(CNC(=O)c2cc(=O)cc(C)[nH]2)CC1. The number of aromatic amines is 1. The fourth-order valence-electron chi connectivity index (χ4n) is 2.03. The maximum atomic E-state index is 12.0. The van der Waals surface area contributed by atoms with Crippen LogP contribution in [0.15, 0.2) is 16.9 Å². The van der Waals surface area contributed by atoms with Crippen LogP contribution in [-0.4, -0.2) is 30.6 Å². The first-order valence-corrected chi connectivity index (χ1v) is 6.62. The van der Waals surface area contributed by atoms with Gasteiger partial charge in [0.25, 0.3) is 5.91 Å². The highest BCUT2D eigenvalue weighted by Crippen LogP contribution is 2.45. The fourth-order valence-corrected chi connectivity index (χ4v) is 2.03. The second-order valence-electron chi connectivity index (χ2n) is 5.23. The topological polar surface area (TPSA) is 71.2 Å². The van der Waals surface area contributed by atoms with Crippen LogP contribution in [-0.2, 0) is 4.74 Å². The van der Waals surface area contributed by atoms with Crippen molar-refractivity contribution in [2.24, 2.45) is 5.41 Å². The van der Waals surface area contributed by atoms with Gasteiger partial charge in [-0.05, 0) is 26.7 Å². The lowest BCUT2D eigenvalue weighted by molar-refractivity contribution is 0.0860. The molecule has 1 aromatic heterocycles. The van der Waals surface area contributed by atoms with Crippen LogP contribution < -0.4 is 10.7 Å². The van der Waals surface area contributed by atoms with E-state index in [1.807, 2.05) is 6.92 Å². The van der Waals surface area contributed by atoms with Crippen LogP contribution in [0, 0.1) is 12.3 Å². The Balaban J connectivity index is 1.93. The summed E-state index contributed by atoms with van der Waals surface area (Å²) in [6.45, 7) is 5.71. The molecule has 1 saturated carbocycles. The Labute approximate surface area is 112 Å². The minimum absolute atomic E-state index is 0.107. The van der Waals surface area contributed by atoms with Gasteiger partial charge in [0.05, 0.1) is 6.61 Å².